The van der Waals surface area contributed by atoms with Crippen molar-refractivity contribution in [2.75, 3.05) is 19.7 Å². The van der Waals surface area contributed by atoms with E-state index in [1.165, 1.54) is 5.56 Å². The molecule has 0 saturated carbocycles. The number of nitrogens with zero attached hydrogens (tertiary/aromatic N) is 3. The second-order valence-corrected chi connectivity index (χ2v) is 7.09. The molecule has 1 N–H and O–H groups in total. The number of rotatable bonds is 7. The maximum atomic E-state index is 10.1. The van der Waals surface area contributed by atoms with Crippen LogP contribution in [0.15, 0.2) is 42.7 Å². The van der Waals surface area contributed by atoms with Crippen LogP contribution >= 0.6 is 0 Å². The number of aryl methyl sites for hydroxylation is 2. The minimum atomic E-state index is 0.0255. The summed E-state index contributed by atoms with van der Waals surface area (Å²) in [6.07, 6.45) is 8.30. The van der Waals surface area contributed by atoms with E-state index in [9.17, 15) is 5.11 Å². The molecule has 0 radical (unpaired) electrons. The Balaban J connectivity index is 1.63. The third-order valence-corrected chi connectivity index (χ3v) is 5.37. The minimum Gasteiger partial charge on any atom is -0.396 e. The molecule has 1 aliphatic rings. The Hall–Kier alpha value is -1.65. The molecule has 1 aromatic heterocycles. The van der Waals surface area contributed by atoms with Crippen molar-refractivity contribution < 1.29 is 5.11 Å². The summed E-state index contributed by atoms with van der Waals surface area (Å²) in [4.78, 5) is 6.98. The van der Waals surface area contributed by atoms with Gasteiger partial charge in [0.1, 0.15) is 5.82 Å². The first-order valence-electron chi connectivity index (χ1n) is 9.12. The Morgan fingerprint density at radius 1 is 1.25 bits per heavy atom. The van der Waals surface area contributed by atoms with Gasteiger partial charge in [0.15, 0.2) is 0 Å². The van der Waals surface area contributed by atoms with Crippen molar-refractivity contribution in [3.8, 4) is 0 Å². The van der Waals surface area contributed by atoms with Gasteiger partial charge < -0.3 is 9.67 Å². The molecule has 130 valence electrons. The first kappa shape index (κ1) is 17.2. The largest absolute Gasteiger partial charge is 0.396 e. The van der Waals surface area contributed by atoms with E-state index < -0.39 is 0 Å². The smallest absolute Gasteiger partial charge is 0.122 e. The molecule has 1 atom stereocenters. The highest BCUT2D eigenvalue weighted by molar-refractivity contribution is 5.15. The molecule has 0 bridgehead atoms. The predicted octanol–water partition coefficient (Wildman–Crippen LogP) is 3.11. The van der Waals surface area contributed by atoms with E-state index in [0.29, 0.717) is 0 Å². The van der Waals surface area contributed by atoms with Gasteiger partial charge in [-0.1, -0.05) is 30.3 Å². The van der Waals surface area contributed by atoms with E-state index in [1.807, 2.05) is 12.4 Å². The number of aliphatic hydroxyl groups is 1. The number of imidazole rings is 1. The van der Waals surface area contributed by atoms with Crippen molar-refractivity contribution in [2.24, 2.45) is 5.41 Å². The van der Waals surface area contributed by atoms with Gasteiger partial charge in [0.25, 0.3) is 0 Å². The van der Waals surface area contributed by atoms with Crippen LogP contribution in [0.4, 0.5) is 0 Å². The average Bonchev–Trinajstić information content (AvgIpc) is 3.08. The average molecular weight is 327 g/mol. The lowest BCUT2D eigenvalue weighted by atomic mass is 9.76. The van der Waals surface area contributed by atoms with Gasteiger partial charge in [0, 0.05) is 37.5 Å². The van der Waals surface area contributed by atoms with Gasteiger partial charge in [0.05, 0.1) is 6.54 Å². The number of hydrogen-bond donors (Lipinski definition) is 1. The van der Waals surface area contributed by atoms with Crippen LogP contribution in [0.25, 0.3) is 0 Å². The first-order valence-corrected chi connectivity index (χ1v) is 9.12. The molecule has 2 heterocycles. The van der Waals surface area contributed by atoms with E-state index in [0.717, 1.165) is 57.7 Å². The molecule has 1 aromatic carbocycles. The van der Waals surface area contributed by atoms with Gasteiger partial charge in [-0.3, -0.25) is 4.90 Å². The van der Waals surface area contributed by atoms with Gasteiger partial charge in [0.2, 0.25) is 0 Å². The zero-order chi connectivity index (χ0) is 16.8. The van der Waals surface area contributed by atoms with Crippen LogP contribution in [0.1, 0.15) is 37.6 Å². The maximum absolute atomic E-state index is 10.1. The second kappa shape index (κ2) is 7.95. The SMILES string of the molecule is CCn1ccnc1CN1CCC[C@](CO)(CCc2ccccc2)C1. The molecule has 1 aliphatic heterocycles. The third-order valence-electron chi connectivity index (χ3n) is 5.37. The summed E-state index contributed by atoms with van der Waals surface area (Å²) in [6, 6.07) is 10.6. The normalized spacial score (nSPS) is 21.9. The summed E-state index contributed by atoms with van der Waals surface area (Å²) in [7, 11) is 0. The van der Waals surface area contributed by atoms with Gasteiger partial charge in [-0.05, 0) is 44.7 Å². The fourth-order valence-electron chi connectivity index (χ4n) is 3.89. The summed E-state index contributed by atoms with van der Waals surface area (Å²) in [5, 5.41) is 10.1. The second-order valence-electron chi connectivity index (χ2n) is 7.09. The standard InChI is InChI=1S/C20H29N3O/c1-2-23-14-12-21-19(23)15-22-13-6-10-20(16-22,17-24)11-9-18-7-4-3-5-8-18/h3-5,7-8,12,14,24H,2,6,9-11,13,15-17H2,1H3/t20-/m0/s1. The van der Waals surface area contributed by atoms with Crippen molar-refractivity contribution in [2.45, 2.75) is 45.7 Å². The third kappa shape index (κ3) is 4.05. The van der Waals surface area contributed by atoms with Crippen molar-refractivity contribution in [3.63, 3.8) is 0 Å². The summed E-state index contributed by atoms with van der Waals surface area (Å²) >= 11 is 0. The number of piperidine rings is 1. The zero-order valence-electron chi connectivity index (χ0n) is 14.7. The fraction of sp³-hybridized carbons (Fsp3) is 0.550. The Morgan fingerprint density at radius 2 is 2.08 bits per heavy atom. The number of aromatic nitrogens is 2. The Labute approximate surface area is 145 Å². The Bertz CT molecular complexity index is 625. The van der Waals surface area contributed by atoms with Crippen LogP contribution < -0.4 is 0 Å². The number of hydrogen-bond acceptors (Lipinski definition) is 3. The molecular weight excluding hydrogens is 298 g/mol. The van der Waals surface area contributed by atoms with Crippen molar-refractivity contribution in [1.29, 1.82) is 0 Å². The van der Waals surface area contributed by atoms with Crippen molar-refractivity contribution in [3.05, 3.63) is 54.1 Å². The molecule has 1 saturated heterocycles. The maximum Gasteiger partial charge on any atom is 0.122 e. The van der Waals surface area contributed by atoms with Crippen LogP contribution in [0.2, 0.25) is 0 Å². The monoisotopic (exact) mass is 327 g/mol. The van der Waals surface area contributed by atoms with Gasteiger partial charge >= 0.3 is 0 Å². The van der Waals surface area contributed by atoms with E-state index in [1.54, 1.807) is 0 Å². The van der Waals surface area contributed by atoms with Crippen molar-refractivity contribution in [1.82, 2.24) is 14.5 Å². The molecule has 24 heavy (non-hydrogen) atoms. The number of aliphatic hydroxyl groups excluding tert-OH is 1. The van der Waals surface area contributed by atoms with E-state index in [-0.39, 0.29) is 12.0 Å². The molecule has 1 fully saturated rings. The summed E-state index contributed by atoms with van der Waals surface area (Å²) in [5.74, 6) is 1.13. The lowest BCUT2D eigenvalue weighted by Crippen LogP contribution is -2.45. The highest BCUT2D eigenvalue weighted by atomic mass is 16.3. The summed E-state index contributed by atoms with van der Waals surface area (Å²) in [5.41, 5.74) is 1.39. The van der Waals surface area contributed by atoms with Crippen LogP contribution in [-0.4, -0.2) is 39.3 Å². The molecule has 2 aromatic rings. The lowest BCUT2D eigenvalue weighted by Gasteiger charge is -2.42. The Kier molecular flexibility index (Phi) is 5.69. The minimum absolute atomic E-state index is 0.0255. The van der Waals surface area contributed by atoms with Crippen LogP contribution in [0.3, 0.4) is 0 Å². The highest BCUT2D eigenvalue weighted by Crippen LogP contribution is 2.34. The summed E-state index contributed by atoms with van der Waals surface area (Å²) in [6.45, 7) is 6.34. The van der Waals surface area contributed by atoms with E-state index in [2.05, 4.69) is 51.7 Å². The van der Waals surface area contributed by atoms with E-state index in [4.69, 9.17) is 0 Å². The molecule has 0 spiro atoms. The molecule has 0 unspecified atom stereocenters. The number of likely N-dealkylation sites (tertiary alicyclic amines) is 1. The molecule has 4 nitrogen and oxygen atoms in total. The molecule has 4 heteroatoms. The predicted molar refractivity (Wildman–Crippen MR) is 96.7 cm³/mol. The zero-order valence-corrected chi connectivity index (χ0v) is 14.7. The van der Waals surface area contributed by atoms with Crippen LogP contribution in [0, 0.1) is 5.41 Å². The van der Waals surface area contributed by atoms with Gasteiger partial charge in [-0.25, -0.2) is 4.98 Å². The van der Waals surface area contributed by atoms with Crippen molar-refractivity contribution >= 4 is 0 Å². The van der Waals surface area contributed by atoms with Crippen LogP contribution in [0.5, 0.6) is 0 Å². The quantitative estimate of drug-likeness (QED) is 0.849. The molecule has 0 amide bonds. The summed E-state index contributed by atoms with van der Waals surface area (Å²) < 4.78 is 2.21. The highest BCUT2D eigenvalue weighted by Gasteiger charge is 2.34. The Morgan fingerprint density at radius 3 is 2.83 bits per heavy atom. The number of benzene rings is 1. The van der Waals surface area contributed by atoms with Gasteiger partial charge in [-0.2, -0.15) is 0 Å². The fourth-order valence-corrected chi connectivity index (χ4v) is 3.89. The van der Waals surface area contributed by atoms with Gasteiger partial charge in [-0.15, -0.1) is 0 Å². The lowest BCUT2D eigenvalue weighted by molar-refractivity contribution is 0.0210. The van der Waals surface area contributed by atoms with E-state index >= 15 is 0 Å². The molecular formula is C20H29N3O. The topological polar surface area (TPSA) is 41.3 Å². The molecule has 0 aliphatic carbocycles. The van der Waals surface area contributed by atoms with Crippen LogP contribution in [-0.2, 0) is 19.5 Å². The first-order chi connectivity index (χ1) is 11.7. The molecule has 3 rings (SSSR count).